The van der Waals surface area contributed by atoms with Gasteiger partial charge in [0.1, 0.15) is 5.82 Å². The van der Waals surface area contributed by atoms with Gasteiger partial charge >= 0.3 is 0 Å². The normalized spacial score (nSPS) is 21.1. The maximum atomic E-state index is 13.5. The van der Waals surface area contributed by atoms with Crippen molar-refractivity contribution in [1.82, 2.24) is 14.7 Å². The van der Waals surface area contributed by atoms with Crippen LogP contribution in [-0.4, -0.2) is 47.1 Å². The van der Waals surface area contributed by atoms with Gasteiger partial charge in [-0.15, -0.1) is 0 Å². The zero-order chi connectivity index (χ0) is 18.2. The largest absolute Gasteiger partial charge is 0.333 e. The third-order valence-electron chi connectivity index (χ3n) is 4.54. The molecule has 1 amide bonds. The van der Waals surface area contributed by atoms with E-state index in [0.29, 0.717) is 11.1 Å². The molecule has 0 bridgehead atoms. The summed E-state index contributed by atoms with van der Waals surface area (Å²) in [7, 11) is -1.49. The molecular formula is C17H20FN3O3S. The molecule has 3 rings (SSSR count). The van der Waals surface area contributed by atoms with E-state index < -0.39 is 27.6 Å². The second-order valence-electron chi connectivity index (χ2n) is 6.39. The number of halogens is 1. The Morgan fingerprint density at radius 2 is 2.16 bits per heavy atom. The second kappa shape index (κ2) is 6.59. The van der Waals surface area contributed by atoms with Crippen LogP contribution in [0.3, 0.4) is 0 Å². The molecular weight excluding hydrogens is 345 g/mol. The summed E-state index contributed by atoms with van der Waals surface area (Å²) in [5.74, 6) is -1.36. The molecule has 25 heavy (non-hydrogen) atoms. The Hall–Kier alpha value is -2.22. The minimum Gasteiger partial charge on any atom is -0.333 e. The van der Waals surface area contributed by atoms with Crippen molar-refractivity contribution >= 4 is 15.7 Å². The van der Waals surface area contributed by atoms with Crippen LogP contribution in [0.5, 0.6) is 0 Å². The molecule has 0 saturated carbocycles. The average Bonchev–Trinajstić information content (AvgIpc) is 2.99. The Morgan fingerprint density at radius 1 is 1.40 bits per heavy atom. The van der Waals surface area contributed by atoms with Gasteiger partial charge in [-0.25, -0.2) is 12.8 Å². The Balaban J connectivity index is 1.91. The van der Waals surface area contributed by atoms with Crippen LogP contribution in [0.4, 0.5) is 4.39 Å². The van der Waals surface area contributed by atoms with Gasteiger partial charge in [0.25, 0.3) is 0 Å². The van der Waals surface area contributed by atoms with Gasteiger partial charge in [0, 0.05) is 25.4 Å². The molecule has 0 unspecified atom stereocenters. The number of aryl methyl sites for hydroxylation is 1. The maximum Gasteiger partial charge on any atom is 0.230 e. The van der Waals surface area contributed by atoms with Crippen LogP contribution in [0.25, 0.3) is 0 Å². The van der Waals surface area contributed by atoms with Crippen molar-refractivity contribution in [2.45, 2.75) is 18.9 Å². The van der Waals surface area contributed by atoms with Crippen molar-refractivity contribution in [2.24, 2.45) is 7.05 Å². The SMILES string of the molecule is C[C@@H](C(=O)N1CCS(=O)(=O)C[C@H]1c1cnn(C)c1)c1cccc(F)c1. The number of carbonyl (C=O) groups excluding carboxylic acids is 1. The fourth-order valence-corrected chi connectivity index (χ4v) is 4.62. The maximum absolute atomic E-state index is 13.5. The predicted molar refractivity (Wildman–Crippen MR) is 91.1 cm³/mol. The molecule has 1 fully saturated rings. The second-order valence-corrected chi connectivity index (χ2v) is 8.61. The fraction of sp³-hybridized carbons (Fsp3) is 0.412. The molecule has 1 aromatic heterocycles. The third kappa shape index (κ3) is 3.73. The smallest absolute Gasteiger partial charge is 0.230 e. The minimum atomic E-state index is -3.23. The monoisotopic (exact) mass is 365 g/mol. The number of benzene rings is 1. The van der Waals surface area contributed by atoms with Crippen LogP contribution in [0, 0.1) is 5.82 Å². The Kier molecular flexibility index (Phi) is 4.64. The molecule has 1 aliphatic rings. The molecule has 2 aromatic rings. The molecule has 1 saturated heterocycles. The summed E-state index contributed by atoms with van der Waals surface area (Å²) in [6.07, 6.45) is 3.30. The lowest BCUT2D eigenvalue weighted by molar-refractivity contribution is -0.134. The van der Waals surface area contributed by atoms with E-state index in [2.05, 4.69) is 5.10 Å². The van der Waals surface area contributed by atoms with Crippen LogP contribution in [0.1, 0.15) is 30.0 Å². The summed E-state index contributed by atoms with van der Waals surface area (Å²) in [6, 6.07) is 5.35. The standard InChI is InChI=1S/C17H20FN3O3S/c1-12(13-4-3-5-15(18)8-13)17(22)21-6-7-25(23,24)11-16(21)14-9-19-20(2)10-14/h3-5,8-10,12,16H,6-7,11H2,1-2H3/t12-,16+/m1/s1. The number of rotatable bonds is 3. The lowest BCUT2D eigenvalue weighted by atomic mass is 9.98. The fourth-order valence-electron chi connectivity index (χ4n) is 3.13. The van der Waals surface area contributed by atoms with Gasteiger partial charge < -0.3 is 4.90 Å². The summed E-state index contributed by atoms with van der Waals surface area (Å²) in [6.45, 7) is 1.83. The summed E-state index contributed by atoms with van der Waals surface area (Å²) < 4.78 is 39.2. The van der Waals surface area contributed by atoms with E-state index in [-0.39, 0.29) is 24.0 Å². The summed E-state index contributed by atoms with van der Waals surface area (Å²) in [5, 5.41) is 4.08. The first kappa shape index (κ1) is 17.6. The lowest BCUT2D eigenvalue weighted by Gasteiger charge is -2.36. The van der Waals surface area contributed by atoms with Crippen LogP contribution in [0.15, 0.2) is 36.7 Å². The van der Waals surface area contributed by atoms with Gasteiger partial charge in [0.15, 0.2) is 9.84 Å². The summed E-state index contributed by atoms with van der Waals surface area (Å²) >= 11 is 0. The quantitative estimate of drug-likeness (QED) is 0.829. The van der Waals surface area contributed by atoms with E-state index in [1.165, 1.54) is 12.1 Å². The molecule has 0 N–H and O–H groups in total. The first-order valence-electron chi connectivity index (χ1n) is 8.02. The number of hydrogen-bond donors (Lipinski definition) is 0. The number of nitrogens with zero attached hydrogens (tertiary/aromatic N) is 3. The van der Waals surface area contributed by atoms with Crippen molar-refractivity contribution in [3.8, 4) is 0 Å². The van der Waals surface area contributed by atoms with Gasteiger partial charge in [-0.3, -0.25) is 9.48 Å². The number of hydrogen-bond acceptors (Lipinski definition) is 4. The van der Waals surface area contributed by atoms with Crippen molar-refractivity contribution < 1.29 is 17.6 Å². The third-order valence-corrected chi connectivity index (χ3v) is 6.17. The van der Waals surface area contributed by atoms with Crippen LogP contribution in [-0.2, 0) is 21.7 Å². The van der Waals surface area contributed by atoms with E-state index in [0.717, 1.165) is 0 Å². The molecule has 8 heteroatoms. The van der Waals surface area contributed by atoms with E-state index in [4.69, 9.17) is 0 Å². The highest BCUT2D eigenvalue weighted by molar-refractivity contribution is 7.91. The van der Waals surface area contributed by atoms with E-state index >= 15 is 0 Å². The molecule has 1 aromatic carbocycles. The zero-order valence-electron chi connectivity index (χ0n) is 14.1. The van der Waals surface area contributed by atoms with Crippen molar-refractivity contribution in [3.05, 3.63) is 53.6 Å². The van der Waals surface area contributed by atoms with Crippen molar-refractivity contribution in [3.63, 3.8) is 0 Å². The van der Waals surface area contributed by atoms with Crippen molar-refractivity contribution in [1.29, 1.82) is 0 Å². The Bertz CT molecular complexity index is 894. The number of aromatic nitrogens is 2. The van der Waals surface area contributed by atoms with Crippen LogP contribution >= 0.6 is 0 Å². The van der Waals surface area contributed by atoms with E-state index in [9.17, 15) is 17.6 Å². The minimum absolute atomic E-state index is 0.0641. The number of carbonyl (C=O) groups is 1. The molecule has 134 valence electrons. The van der Waals surface area contributed by atoms with Gasteiger partial charge in [-0.1, -0.05) is 12.1 Å². The van der Waals surface area contributed by atoms with Crippen molar-refractivity contribution in [2.75, 3.05) is 18.1 Å². The van der Waals surface area contributed by atoms with Gasteiger partial charge in [-0.05, 0) is 24.6 Å². The first-order valence-corrected chi connectivity index (χ1v) is 9.84. The number of sulfone groups is 1. The predicted octanol–water partition coefficient (Wildman–Crippen LogP) is 1.66. The molecule has 0 aliphatic carbocycles. The lowest BCUT2D eigenvalue weighted by Crippen LogP contribution is -2.47. The Labute approximate surface area is 146 Å². The highest BCUT2D eigenvalue weighted by Crippen LogP contribution is 2.30. The molecule has 2 atom stereocenters. The molecule has 6 nitrogen and oxygen atoms in total. The number of amides is 1. The van der Waals surface area contributed by atoms with Gasteiger partial charge in [0.05, 0.1) is 29.7 Å². The molecule has 1 aliphatic heterocycles. The highest BCUT2D eigenvalue weighted by atomic mass is 32.2. The van der Waals surface area contributed by atoms with Crippen LogP contribution < -0.4 is 0 Å². The highest BCUT2D eigenvalue weighted by Gasteiger charge is 2.37. The Morgan fingerprint density at radius 3 is 2.80 bits per heavy atom. The zero-order valence-corrected chi connectivity index (χ0v) is 14.9. The first-order chi connectivity index (χ1) is 11.8. The summed E-state index contributed by atoms with van der Waals surface area (Å²) in [4.78, 5) is 14.6. The molecule has 2 heterocycles. The van der Waals surface area contributed by atoms with Crippen LogP contribution in [0.2, 0.25) is 0 Å². The topological polar surface area (TPSA) is 72.3 Å². The molecule has 0 spiro atoms. The summed E-state index contributed by atoms with van der Waals surface area (Å²) in [5.41, 5.74) is 1.26. The van der Waals surface area contributed by atoms with E-state index in [1.54, 1.807) is 48.1 Å². The average molecular weight is 365 g/mol. The van der Waals surface area contributed by atoms with Gasteiger partial charge in [-0.2, -0.15) is 5.10 Å². The van der Waals surface area contributed by atoms with E-state index in [1.807, 2.05) is 0 Å². The van der Waals surface area contributed by atoms with Gasteiger partial charge in [0.2, 0.25) is 5.91 Å². The molecule has 0 radical (unpaired) electrons.